The molecule has 0 aliphatic carbocycles. The average molecular weight is 140 g/mol. The van der Waals surface area contributed by atoms with Crippen molar-refractivity contribution >= 4 is 37.9 Å². The minimum Gasteiger partial charge on any atom is -0.177 e. The summed E-state index contributed by atoms with van der Waals surface area (Å²) in [6.45, 7) is 1.90. The van der Waals surface area contributed by atoms with Crippen LogP contribution in [-0.4, -0.2) is 9.83 Å². The fraction of sp³-hybridized carbons (Fsp3) is 1.00. The van der Waals surface area contributed by atoms with Crippen molar-refractivity contribution in [3.05, 3.63) is 0 Å². The molecular formula is C3H8S3. The smallest absolute Gasteiger partial charge is 0.0611 e. The Labute approximate surface area is 54.9 Å². The van der Waals surface area contributed by atoms with E-state index >= 15 is 0 Å². The molecule has 0 aromatic rings. The molecule has 0 fully saturated rings. The van der Waals surface area contributed by atoms with Crippen LogP contribution in [0.2, 0.25) is 0 Å². The highest BCUT2D eigenvalue weighted by molar-refractivity contribution is 8.01. The van der Waals surface area contributed by atoms with Gasteiger partial charge in [-0.2, -0.15) is 37.9 Å². The van der Waals surface area contributed by atoms with E-state index in [1.165, 1.54) is 0 Å². The van der Waals surface area contributed by atoms with Crippen LogP contribution >= 0.6 is 37.9 Å². The number of hydrogen-bond acceptors (Lipinski definition) is 3. The highest BCUT2D eigenvalue weighted by Gasteiger charge is 2.06. The third-order valence-electron chi connectivity index (χ3n) is 0.300. The number of thiol groups is 3. The maximum atomic E-state index is 4.04. The van der Waals surface area contributed by atoms with Crippen LogP contribution in [0.5, 0.6) is 0 Å². The van der Waals surface area contributed by atoms with E-state index in [1.807, 2.05) is 6.92 Å². The highest BCUT2D eigenvalue weighted by Crippen LogP contribution is 2.18. The molecule has 0 N–H and O–H groups in total. The summed E-state index contributed by atoms with van der Waals surface area (Å²) in [5, 5.41) is 0. The van der Waals surface area contributed by atoms with Crippen molar-refractivity contribution in [2.75, 3.05) is 5.75 Å². The molecule has 0 aliphatic rings. The van der Waals surface area contributed by atoms with Crippen LogP contribution in [0.25, 0.3) is 0 Å². The quantitative estimate of drug-likeness (QED) is 0.357. The van der Waals surface area contributed by atoms with Gasteiger partial charge >= 0.3 is 0 Å². The Morgan fingerprint density at radius 1 is 1.50 bits per heavy atom. The molecule has 38 valence electrons. The van der Waals surface area contributed by atoms with Crippen molar-refractivity contribution in [3.63, 3.8) is 0 Å². The summed E-state index contributed by atoms with van der Waals surface area (Å²) in [5.41, 5.74) is 0. The van der Waals surface area contributed by atoms with E-state index in [1.54, 1.807) is 0 Å². The first-order chi connectivity index (χ1) is 2.56. The molecule has 0 bridgehead atoms. The van der Waals surface area contributed by atoms with E-state index < -0.39 is 0 Å². The molecule has 6 heavy (non-hydrogen) atoms. The first kappa shape index (κ1) is 7.05. The van der Waals surface area contributed by atoms with Crippen molar-refractivity contribution in [2.24, 2.45) is 0 Å². The van der Waals surface area contributed by atoms with E-state index in [-0.39, 0.29) is 4.08 Å². The third kappa shape index (κ3) is 5.05. The summed E-state index contributed by atoms with van der Waals surface area (Å²) >= 11 is 12.0. The summed E-state index contributed by atoms with van der Waals surface area (Å²) in [5.74, 6) is 0.694. The third-order valence-corrected chi connectivity index (χ3v) is 1.75. The standard InChI is InChI=1S/C3H8S3/c1-3(5,6)2-4/h4-6H,2H2,1H3. The molecule has 0 radical (unpaired) electrons. The fourth-order valence-electron chi connectivity index (χ4n) is 0. The van der Waals surface area contributed by atoms with Crippen molar-refractivity contribution in [2.45, 2.75) is 11.0 Å². The van der Waals surface area contributed by atoms with Gasteiger partial charge in [0.2, 0.25) is 0 Å². The van der Waals surface area contributed by atoms with Gasteiger partial charge in [0.25, 0.3) is 0 Å². The molecule has 0 saturated heterocycles. The van der Waals surface area contributed by atoms with Crippen LogP contribution < -0.4 is 0 Å². The fourth-order valence-corrected chi connectivity index (χ4v) is 0. The summed E-state index contributed by atoms with van der Waals surface area (Å²) in [4.78, 5) is 0. The normalized spacial score (nSPS) is 12.0. The minimum absolute atomic E-state index is 0.205. The topological polar surface area (TPSA) is 0 Å². The number of rotatable bonds is 1. The van der Waals surface area contributed by atoms with Crippen LogP contribution in [-0.2, 0) is 0 Å². The summed E-state index contributed by atoms with van der Waals surface area (Å²) < 4.78 is -0.205. The molecule has 0 aliphatic heterocycles. The van der Waals surface area contributed by atoms with Crippen LogP contribution in [0.15, 0.2) is 0 Å². The highest BCUT2D eigenvalue weighted by atomic mass is 32.2. The van der Waals surface area contributed by atoms with Crippen molar-refractivity contribution in [3.8, 4) is 0 Å². The van der Waals surface area contributed by atoms with Crippen LogP contribution in [0.3, 0.4) is 0 Å². The maximum absolute atomic E-state index is 4.04. The molecule has 0 rings (SSSR count). The lowest BCUT2D eigenvalue weighted by Crippen LogP contribution is -2.06. The molecule has 0 heterocycles. The van der Waals surface area contributed by atoms with Crippen molar-refractivity contribution < 1.29 is 0 Å². The zero-order valence-electron chi connectivity index (χ0n) is 3.55. The largest absolute Gasteiger partial charge is 0.177 e. The Hall–Kier alpha value is 1.05. The summed E-state index contributed by atoms with van der Waals surface area (Å²) in [6.07, 6.45) is 0. The van der Waals surface area contributed by atoms with Gasteiger partial charge in [-0.05, 0) is 6.92 Å². The summed E-state index contributed by atoms with van der Waals surface area (Å²) in [7, 11) is 0. The Morgan fingerprint density at radius 2 is 1.67 bits per heavy atom. The van der Waals surface area contributed by atoms with Gasteiger partial charge < -0.3 is 0 Å². The van der Waals surface area contributed by atoms with E-state index in [4.69, 9.17) is 0 Å². The molecule has 0 amide bonds. The SMILES string of the molecule is CC(S)(S)CS. The van der Waals surface area contributed by atoms with Gasteiger partial charge in [0.05, 0.1) is 4.08 Å². The Bertz CT molecular complexity index is 35.8. The van der Waals surface area contributed by atoms with Gasteiger partial charge in [-0.25, -0.2) is 0 Å². The van der Waals surface area contributed by atoms with Gasteiger partial charge in [-0.1, -0.05) is 0 Å². The molecule has 0 unspecified atom stereocenters. The van der Waals surface area contributed by atoms with Crippen molar-refractivity contribution in [1.82, 2.24) is 0 Å². The molecule has 0 saturated carbocycles. The first-order valence-electron chi connectivity index (χ1n) is 1.62. The van der Waals surface area contributed by atoms with Crippen molar-refractivity contribution in [1.29, 1.82) is 0 Å². The summed E-state index contributed by atoms with van der Waals surface area (Å²) in [6, 6.07) is 0. The van der Waals surface area contributed by atoms with Crippen LogP contribution in [0.1, 0.15) is 6.92 Å². The predicted molar refractivity (Wildman–Crippen MR) is 40.2 cm³/mol. The zero-order valence-corrected chi connectivity index (χ0v) is 6.23. The van der Waals surface area contributed by atoms with Gasteiger partial charge in [0, 0.05) is 5.75 Å². The lowest BCUT2D eigenvalue weighted by Gasteiger charge is -2.09. The van der Waals surface area contributed by atoms with E-state index in [2.05, 4.69) is 37.9 Å². The maximum Gasteiger partial charge on any atom is 0.0611 e. The van der Waals surface area contributed by atoms with Gasteiger partial charge in [0.1, 0.15) is 0 Å². The zero-order chi connectivity index (χ0) is 5.21. The lowest BCUT2D eigenvalue weighted by atomic mass is 10.5. The van der Waals surface area contributed by atoms with Crippen LogP contribution in [0, 0.1) is 0 Å². The molecule has 0 aromatic heterocycles. The molecule has 0 nitrogen and oxygen atoms in total. The minimum atomic E-state index is -0.205. The van der Waals surface area contributed by atoms with Gasteiger partial charge in [0.15, 0.2) is 0 Å². The molecular weight excluding hydrogens is 132 g/mol. The van der Waals surface area contributed by atoms with E-state index in [0.29, 0.717) is 5.75 Å². The second kappa shape index (κ2) is 2.38. The van der Waals surface area contributed by atoms with Gasteiger partial charge in [-0.3, -0.25) is 0 Å². The van der Waals surface area contributed by atoms with Crippen LogP contribution in [0.4, 0.5) is 0 Å². The van der Waals surface area contributed by atoms with E-state index in [9.17, 15) is 0 Å². The average Bonchev–Trinajstić information content (AvgIpc) is 1.35. The monoisotopic (exact) mass is 140 g/mol. The van der Waals surface area contributed by atoms with Gasteiger partial charge in [-0.15, -0.1) is 0 Å². The Morgan fingerprint density at radius 3 is 1.67 bits per heavy atom. The second-order valence-corrected chi connectivity index (χ2v) is 4.02. The Balaban J connectivity index is 3.17. The first-order valence-corrected chi connectivity index (χ1v) is 3.14. The Kier molecular flexibility index (Phi) is 2.80. The predicted octanol–water partition coefficient (Wildman–Crippen LogP) is 1.49. The number of hydrogen-bond donors (Lipinski definition) is 3. The lowest BCUT2D eigenvalue weighted by molar-refractivity contribution is 1.07. The van der Waals surface area contributed by atoms with E-state index in [0.717, 1.165) is 0 Å². The molecule has 0 aromatic carbocycles. The molecule has 3 heteroatoms. The molecule has 0 spiro atoms. The second-order valence-electron chi connectivity index (χ2n) is 1.38. The molecule has 0 atom stereocenters.